The van der Waals surface area contributed by atoms with Crippen LogP contribution in [-0.2, 0) is 25.7 Å². The number of hydrogen-bond acceptors (Lipinski definition) is 5. The number of carbonyl (C=O) groups excluding carboxylic acids is 3. The van der Waals surface area contributed by atoms with Gasteiger partial charge in [-0.15, -0.1) is 0 Å². The number of anilines is 1. The first kappa shape index (κ1) is 30.0. The number of ether oxygens (including phenoxy) is 1. The molecule has 0 aromatic heterocycles. The van der Waals surface area contributed by atoms with Crippen LogP contribution in [0.2, 0.25) is 0 Å². The lowest BCUT2D eigenvalue weighted by atomic mass is 9.74. The first-order valence-corrected chi connectivity index (χ1v) is 16.5. The zero-order valence-corrected chi connectivity index (χ0v) is 26.3. The van der Waals surface area contributed by atoms with Gasteiger partial charge in [0.25, 0.3) is 0 Å². The average molecular weight is 650 g/mol. The number of carbonyl (C=O) groups is 3. The molecule has 0 radical (unpaired) electrons. The van der Waals surface area contributed by atoms with E-state index in [9.17, 15) is 14.4 Å². The summed E-state index contributed by atoms with van der Waals surface area (Å²) in [5.74, 6) is -2.05. The minimum atomic E-state index is -1.14. The molecule has 228 valence electrons. The molecule has 1 spiro atoms. The molecule has 5 atom stereocenters. The Labute approximate surface area is 262 Å². The Morgan fingerprint density at radius 2 is 1.79 bits per heavy atom. The molecule has 3 amide bonds. The molecule has 2 N–H and O–H groups in total. The third-order valence-corrected chi connectivity index (χ3v) is 10.1. The summed E-state index contributed by atoms with van der Waals surface area (Å²) in [5, 5.41) is 6.26. The summed E-state index contributed by atoms with van der Waals surface area (Å²) in [6.07, 6.45) is 9.21. The summed E-state index contributed by atoms with van der Waals surface area (Å²) in [5.41, 5.74) is 0.757. The van der Waals surface area contributed by atoms with Gasteiger partial charge in [-0.1, -0.05) is 84.6 Å². The highest BCUT2D eigenvalue weighted by Gasteiger charge is 2.72. The Kier molecular flexibility index (Phi) is 9.03. The molecule has 1 aliphatic carbocycles. The summed E-state index contributed by atoms with van der Waals surface area (Å²) in [6, 6.07) is 17.0. The minimum Gasteiger partial charge on any atom is -0.359 e. The number of hydrogen-bond donors (Lipinski definition) is 2. The van der Waals surface area contributed by atoms with E-state index in [1.165, 1.54) is 12.0 Å². The van der Waals surface area contributed by atoms with Crippen molar-refractivity contribution >= 4 is 39.3 Å². The fourth-order valence-electron chi connectivity index (χ4n) is 7.45. The number of nitrogens with one attached hydrogen (secondary N) is 2. The van der Waals surface area contributed by atoms with Gasteiger partial charge < -0.3 is 20.3 Å². The largest absolute Gasteiger partial charge is 0.359 e. The second-order valence-corrected chi connectivity index (χ2v) is 13.2. The molecule has 3 heterocycles. The van der Waals surface area contributed by atoms with Crippen molar-refractivity contribution in [3.05, 3.63) is 76.8 Å². The molecule has 3 aliphatic heterocycles. The van der Waals surface area contributed by atoms with Gasteiger partial charge in [0.2, 0.25) is 17.7 Å². The highest BCUT2D eigenvalue weighted by Crippen LogP contribution is 2.55. The molecule has 2 aromatic carbocycles. The molecule has 2 saturated heterocycles. The zero-order chi connectivity index (χ0) is 30.0. The molecule has 4 aliphatic rings. The maximum atomic E-state index is 14.3. The smallest absolute Gasteiger partial charge is 0.246 e. The lowest BCUT2D eigenvalue weighted by Gasteiger charge is -2.34. The van der Waals surface area contributed by atoms with Crippen LogP contribution in [0.1, 0.15) is 51.0 Å². The van der Waals surface area contributed by atoms with Crippen LogP contribution in [0.25, 0.3) is 0 Å². The van der Waals surface area contributed by atoms with Gasteiger partial charge in [-0.2, -0.15) is 0 Å². The van der Waals surface area contributed by atoms with E-state index in [2.05, 4.69) is 50.5 Å². The predicted octanol–water partition coefficient (Wildman–Crippen LogP) is 4.90. The topological polar surface area (TPSA) is 91.0 Å². The standard InChI is InChI=1S/C34H41BrN4O4/c1-2-38(22-23-10-5-3-6-11-23)20-9-21-39-30(32(41)37-25-12-7-4-8-13-25)34-19-18-27(43-34)28(29(34)33(39)42)31(40)36-26-16-14-24(35)15-17-26/h3,5-6,10-11,14-19,25,27-30H,2,4,7-9,12-13,20-22H2,1H3,(H,36,40)(H,37,41)/t27-,28-,29-,30-,34+/m1/s1. The number of fused-ring (bicyclic) bond motifs is 1. The van der Waals surface area contributed by atoms with Crippen molar-refractivity contribution in [1.82, 2.24) is 15.1 Å². The van der Waals surface area contributed by atoms with Gasteiger partial charge in [0, 0.05) is 35.8 Å². The first-order valence-electron chi connectivity index (χ1n) is 15.7. The molecule has 43 heavy (non-hydrogen) atoms. The maximum absolute atomic E-state index is 14.3. The van der Waals surface area contributed by atoms with E-state index in [4.69, 9.17) is 4.74 Å². The molecule has 0 unspecified atom stereocenters. The van der Waals surface area contributed by atoms with Crippen molar-refractivity contribution in [2.24, 2.45) is 11.8 Å². The summed E-state index contributed by atoms with van der Waals surface area (Å²) in [6.45, 7) is 5.06. The number of benzene rings is 2. The number of nitrogens with zero attached hydrogens (tertiary/aromatic N) is 2. The van der Waals surface area contributed by atoms with Crippen LogP contribution in [0.4, 0.5) is 5.69 Å². The third-order valence-electron chi connectivity index (χ3n) is 9.56. The number of rotatable bonds is 11. The highest BCUT2D eigenvalue weighted by molar-refractivity contribution is 9.10. The highest BCUT2D eigenvalue weighted by atomic mass is 79.9. The summed E-state index contributed by atoms with van der Waals surface area (Å²) >= 11 is 3.43. The number of halogens is 1. The molecule has 2 bridgehead atoms. The molecular weight excluding hydrogens is 608 g/mol. The average Bonchev–Trinajstić information content (AvgIpc) is 3.66. The van der Waals surface area contributed by atoms with E-state index in [1.807, 2.05) is 54.6 Å². The van der Waals surface area contributed by atoms with E-state index in [0.29, 0.717) is 18.7 Å². The van der Waals surface area contributed by atoms with Crippen LogP contribution in [0.5, 0.6) is 0 Å². The summed E-state index contributed by atoms with van der Waals surface area (Å²) in [4.78, 5) is 46.1. The fraction of sp³-hybridized carbons (Fsp3) is 0.500. The predicted molar refractivity (Wildman–Crippen MR) is 169 cm³/mol. The SMILES string of the molecule is CCN(CCCN1C(=O)[C@H]2[C@H](C(=O)Nc3ccc(Br)cc3)[C@H]3C=C[C@@]2(O3)[C@H]1C(=O)NC1CCCCC1)Cc1ccccc1. The van der Waals surface area contributed by atoms with Gasteiger partial charge in [0.05, 0.1) is 17.9 Å². The lowest BCUT2D eigenvalue weighted by Crippen LogP contribution is -2.56. The monoisotopic (exact) mass is 648 g/mol. The van der Waals surface area contributed by atoms with Crippen LogP contribution in [0.3, 0.4) is 0 Å². The van der Waals surface area contributed by atoms with Gasteiger partial charge in [-0.05, 0) is 55.6 Å². The van der Waals surface area contributed by atoms with Crippen LogP contribution in [0.15, 0.2) is 71.2 Å². The normalized spacial score (nSPS) is 28.0. The third kappa shape index (κ3) is 6.04. The minimum absolute atomic E-state index is 0.106. The molecule has 9 heteroatoms. The Hall–Kier alpha value is -3.01. The van der Waals surface area contributed by atoms with Crippen LogP contribution in [-0.4, -0.2) is 70.9 Å². The Morgan fingerprint density at radius 3 is 2.51 bits per heavy atom. The number of likely N-dealkylation sites (tertiary alicyclic amines) is 1. The quantitative estimate of drug-likeness (QED) is 0.338. The second-order valence-electron chi connectivity index (χ2n) is 12.3. The summed E-state index contributed by atoms with van der Waals surface area (Å²) in [7, 11) is 0. The molecule has 6 rings (SSSR count). The van der Waals surface area contributed by atoms with Crippen molar-refractivity contribution in [3.8, 4) is 0 Å². The van der Waals surface area contributed by atoms with Crippen molar-refractivity contribution in [2.45, 2.75) is 75.8 Å². The van der Waals surface area contributed by atoms with E-state index in [0.717, 1.165) is 49.8 Å². The van der Waals surface area contributed by atoms with E-state index >= 15 is 0 Å². The van der Waals surface area contributed by atoms with E-state index in [1.54, 1.807) is 4.90 Å². The van der Waals surface area contributed by atoms with Crippen molar-refractivity contribution < 1.29 is 19.1 Å². The van der Waals surface area contributed by atoms with Crippen molar-refractivity contribution in [3.63, 3.8) is 0 Å². The molecule has 2 aromatic rings. The molecule has 3 fully saturated rings. The van der Waals surface area contributed by atoms with Crippen molar-refractivity contribution in [2.75, 3.05) is 25.0 Å². The summed E-state index contributed by atoms with van der Waals surface area (Å²) < 4.78 is 7.42. The maximum Gasteiger partial charge on any atom is 0.246 e. The fourth-order valence-corrected chi connectivity index (χ4v) is 7.71. The van der Waals surface area contributed by atoms with Crippen LogP contribution < -0.4 is 10.6 Å². The second kappa shape index (κ2) is 12.9. The number of amides is 3. The Bertz CT molecular complexity index is 1350. The Morgan fingerprint density at radius 1 is 1.05 bits per heavy atom. The molecule has 8 nitrogen and oxygen atoms in total. The van der Waals surface area contributed by atoms with Gasteiger partial charge in [0.1, 0.15) is 11.6 Å². The van der Waals surface area contributed by atoms with Gasteiger partial charge in [0.15, 0.2) is 0 Å². The van der Waals surface area contributed by atoms with Gasteiger partial charge >= 0.3 is 0 Å². The molecule has 1 saturated carbocycles. The van der Waals surface area contributed by atoms with E-state index < -0.39 is 29.6 Å². The zero-order valence-electron chi connectivity index (χ0n) is 24.7. The Balaban J connectivity index is 1.22. The van der Waals surface area contributed by atoms with Gasteiger partial charge in [-0.25, -0.2) is 0 Å². The van der Waals surface area contributed by atoms with Gasteiger partial charge in [-0.3, -0.25) is 19.3 Å². The van der Waals surface area contributed by atoms with Crippen molar-refractivity contribution in [1.29, 1.82) is 0 Å². The van der Waals surface area contributed by atoms with Crippen LogP contribution in [0, 0.1) is 11.8 Å². The van der Waals surface area contributed by atoms with Crippen LogP contribution >= 0.6 is 15.9 Å². The molecular formula is C34H41BrN4O4. The first-order chi connectivity index (χ1) is 20.9. The van der Waals surface area contributed by atoms with E-state index in [-0.39, 0.29) is 23.8 Å². The lowest BCUT2D eigenvalue weighted by molar-refractivity contribution is -0.141.